The van der Waals surface area contributed by atoms with Crippen LogP contribution in [0.1, 0.15) is 12.5 Å². The van der Waals surface area contributed by atoms with E-state index in [9.17, 15) is 8.42 Å². The molecular formula is C15H18N2O3S. The number of rotatable bonds is 6. The molecule has 1 aromatic carbocycles. The van der Waals surface area contributed by atoms with Gasteiger partial charge < -0.3 is 4.74 Å². The molecule has 21 heavy (non-hydrogen) atoms. The second-order valence-corrected chi connectivity index (χ2v) is 6.57. The molecule has 5 nitrogen and oxygen atoms in total. The first-order valence-corrected chi connectivity index (χ1v) is 8.06. The summed E-state index contributed by atoms with van der Waals surface area (Å²) in [5.74, 6) is 0.659. The normalized spacial score (nSPS) is 11.6. The Morgan fingerprint density at radius 3 is 2.48 bits per heavy atom. The van der Waals surface area contributed by atoms with Crippen molar-refractivity contribution in [3.63, 3.8) is 0 Å². The van der Waals surface area contributed by atoms with Crippen LogP contribution in [0, 0.1) is 0 Å². The quantitative estimate of drug-likeness (QED) is 0.821. The van der Waals surface area contributed by atoms with Crippen molar-refractivity contribution in [1.82, 2.24) is 9.29 Å². The van der Waals surface area contributed by atoms with Gasteiger partial charge in [-0.25, -0.2) is 8.42 Å². The molecular weight excluding hydrogens is 288 g/mol. The first kappa shape index (κ1) is 15.5. The van der Waals surface area contributed by atoms with Gasteiger partial charge >= 0.3 is 0 Å². The molecule has 1 heterocycles. The molecule has 0 aliphatic heterocycles. The van der Waals surface area contributed by atoms with Crippen molar-refractivity contribution in [3.05, 3.63) is 54.4 Å². The Hall–Kier alpha value is -1.92. The largest absolute Gasteiger partial charge is 0.494 e. The zero-order chi connectivity index (χ0) is 15.3. The van der Waals surface area contributed by atoms with Crippen LogP contribution < -0.4 is 4.74 Å². The summed E-state index contributed by atoms with van der Waals surface area (Å²) in [4.78, 5) is 4.23. The number of ether oxygens (including phenoxy) is 1. The van der Waals surface area contributed by atoms with Gasteiger partial charge in [-0.05, 0) is 42.8 Å². The molecule has 0 N–H and O–H groups in total. The summed E-state index contributed by atoms with van der Waals surface area (Å²) in [5.41, 5.74) is 0.842. The van der Waals surface area contributed by atoms with Crippen molar-refractivity contribution in [1.29, 1.82) is 0 Å². The predicted octanol–water partition coefficient (Wildman–Crippen LogP) is 2.30. The standard InChI is InChI=1S/C15H18N2O3S/c1-3-20-14-6-8-15(9-7-14)21(18,19)17(2)12-13-5-4-10-16-11-13/h4-11H,3,12H2,1-2H3. The first-order valence-electron chi connectivity index (χ1n) is 6.62. The lowest BCUT2D eigenvalue weighted by Crippen LogP contribution is -2.26. The summed E-state index contributed by atoms with van der Waals surface area (Å²) >= 11 is 0. The molecule has 0 aliphatic carbocycles. The van der Waals surface area contributed by atoms with Crippen LogP contribution in [-0.2, 0) is 16.6 Å². The Balaban J connectivity index is 2.16. The summed E-state index contributed by atoms with van der Waals surface area (Å²) in [6.45, 7) is 2.71. The highest BCUT2D eigenvalue weighted by atomic mass is 32.2. The molecule has 0 unspecified atom stereocenters. The lowest BCUT2D eigenvalue weighted by atomic mass is 10.3. The number of sulfonamides is 1. The average Bonchev–Trinajstić information content (AvgIpc) is 2.49. The van der Waals surface area contributed by atoms with E-state index >= 15 is 0 Å². The third kappa shape index (κ3) is 3.80. The zero-order valence-corrected chi connectivity index (χ0v) is 12.9. The van der Waals surface area contributed by atoms with E-state index in [1.807, 2.05) is 13.0 Å². The van der Waals surface area contributed by atoms with Crippen LogP contribution in [0.2, 0.25) is 0 Å². The maximum atomic E-state index is 12.5. The Labute approximate surface area is 125 Å². The summed E-state index contributed by atoms with van der Waals surface area (Å²) in [7, 11) is -1.96. The molecule has 0 aliphatic rings. The van der Waals surface area contributed by atoms with E-state index in [1.54, 1.807) is 49.8 Å². The Bertz CT molecular complexity index is 670. The van der Waals surface area contributed by atoms with Gasteiger partial charge in [-0.15, -0.1) is 0 Å². The third-order valence-corrected chi connectivity index (χ3v) is 4.79. The summed E-state index contributed by atoms with van der Waals surface area (Å²) in [6.07, 6.45) is 3.31. The second kappa shape index (κ2) is 6.69. The molecule has 0 saturated heterocycles. The highest BCUT2D eigenvalue weighted by molar-refractivity contribution is 7.89. The minimum absolute atomic E-state index is 0.248. The zero-order valence-electron chi connectivity index (χ0n) is 12.1. The van der Waals surface area contributed by atoms with Crippen LogP contribution in [-0.4, -0.2) is 31.4 Å². The lowest BCUT2D eigenvalue weighted by molar-refractivity contribution is 0.340. The highest BCUT2D eigenvalue weighted by Gasteiger charge is 2.20. The lowest BCUT2D eigenvalue weighted by Gasteiger charge is -2.17. The van der Waals surface area contributed by atoms with Crippen molar-refractivity contribution >= 4 is 10.0 Å². The van der Waals surface area contributed by atoms with Crippen molar-refractivity contribution < 1.29 is 13.2 Å². The minimum atomic E-state index is -3.52. The highest BCUT2D eigenvalue weighted by Crippen LogP contribution is 2.20. The summed E-state index contributed by atoms with van der Waals surface area (Å²) in [6, 6.07) is 10.1. The van der Waals surface area contributed by atoms with Crippen LogP contribution in [0.3, 0.4) is 0 Å². The van der Waals surface area contributed by atoms with Crippen LogP contribution in [0.4, 0.5) is 0 Å². The van der Waals surface area contributed by atoms with Crippen LogP contribution in [0.5, 0.6) is 5.75 Å². The molecule has 0 saturated carbocycles. The Morgan fingerprint density at radius 2 is 1.90 bits per heavy atom. The monoisotopic (exact) mass is 306 g/mol. The van der Waals surface area contributed by atoms with Crippen molar-refractivity contribution in [2.75, 3.05) is 13.7 Å². The number of aromatic nitrogens is 1. The van der Waals surface area contributed by atoms with Gasteiger partial charge in [0.2, 0.25) is 10.0 Å². The fraction of sp³-hybridized carbons (Fsp3) is 0.267. The van der Waals surface area contributed by atoms with Gasteiger partial charge in [0.05, 0.1) is 11.5 Å². The topological polar surface area (TPSA) is 59.5 Å². The molecule has 6 heteroatoms. The van der Waals surface area contributed by atoms with Gasteiger partial charge in [0.25, 0.3) is 0 Å². The second-order valence-electron chi connectivity index (χ2n) is 4.53. The van der Waals surface area contributed by atoms with Crippen molar-refractivity contribution in [2.45, 2.75) is 18.4 Å². The molecule has 0 spiro atoms. The Kier molecular flexibility index (Phi) is 4.93. The van der Waals surface area contributed by atoms with E-state index in [4.69, 9.17) is 4.74 Å². The maximum absolute atomic E-state index is 12.5. The molecule has 2 rings (SSSR count). The molecule has 0 bridgehead atoms. The van der Waals surface area contributed by atoms with Gasteiger partial charge in [0.15, 0.2) is 0 Å². The number of pyridine rings is 1. The molecule has 0 amide bonds. The minimum Gasteiger partial charge on any atom is -0.494 e. The molecule has 0 radical (unpaired) electrons. The number of benzene rings is 1. The van der Waals surface area contributed by atoms with Gasteiger partial charge in [-0.3, -0.25) is 4.98 Å². The fourth-order valence-corrected chi connectivity index (χ4v) is 3.05. The molecule has 0 fully saturated rings. The average molecular weight is 306 g/mol. The molecule has 0 atom stereocenters. The third-order valence-electron chi connectivity index (χ3n) is 2.97. The maximum Gasteiger partial charge on any atom is 0.243 e. The molecule has 112 valence electrons. The van der Waals surface area contributed by atoms with Crippen molar-refractivity contribution in [3.8, 4) is 5.75 Å². The Morgan fingerprint density at radius 1 is 1.19 bits per heavy atom. The smallest absolute Gasteiger partial charge is 0.243 e. The van der Waals surface area contributed by atoms with Gasteiger partial charge in [-0.2, -0.15) is 4.31 Å². The first-order chi connectivity index (χ1) is 10.0. The summed E-state index contributed by atoms with van der Waals surface area (Å²) in [5, 5.41) is 0. The van der Waals surface area contributed by atoms with Gasteiger partial charge in [0, 0.05) is 26.0 Å². The van der Waals surface area contributed by atoms with E-state index in [0.717, 1.165) is 5.56 Å². The van der Waals surface area contributed by atoms with Crippen LogP contribution >= 0.6 is 0 Å². The van der Waals surface area contributed by atoms with E-state index in [0.29, 0.717) is 12.4 Å². The van der Waals surface area contributed by atoms with E-state index in [2.05, 4.69) is 4.98 Å². The van der Waals surface area contributed by atoms with E-state index in [-0.39, 0.29) is 11.4 Å². The number of hydrogen-bond acceptors (Lipinski definition) is 4. The van der Waals surface area contributed by atoms with Crippen LogP contribution in [0.25, 0.3) is 0 Å². The van der Waals surface area contributed by atoms with Gasteiger partial charge in [-0.1, -0.05) is 6.07 Å². The number of hydrogen-bond donors (Lipinski definition) is 0. The molecule has 1 aromatic heterocycles. The fourth-order valence-electron chi connectivity index (χ4n) is 1.89. The molecule has 2 aromatic rings. The van der Waals surface area contributed by atoms with Crippen molar-refractivity contribution in [2.24, 2.45) is 0 Å². The van der Waals surface area contributed by atoms with E-state index in [1.165, 1.54) is 4.31 Å². The van der Waals surface area contributed by atoms with E-state index < -0.39 is 10.0 Å². The SMILES string of the molecule is CCOc1ccc(S(=O)(=O)N(C)Cc2cccnc2)cc1. The summed E-state index contributed by atoms with van der Waals surface area (Å²) < 4.78 is 31.6. The predicted molar refractivity (Wildman–Crippen MR) is 80.5 cm³/mol. The van der Waals surface area contributed by atoms with Crippen LogP contribution in [0.15, 0.2) is 53.7 Å². The number of nitrogens with zero attached hydrogens (tertiary/aromatic N) is 2. The van der Waals surface area contributed by atoms with Gasteiger partial charge in [0.1, 0.15) is 5.75 Å².